The number of hydrogen-bond donors (Lipinski definition) is 5. The number of hydrogen-bond acceptors (Lipinski definition) is 30. The Morgan fingerprint density at radius 1 is 0.398 bits per heavy atom. The van der Waals surface area contributed by atoms with Gasteiger partial charge in [0.25, 0.3) is 29.5 Å². The number of rotatable bonds is 17. The lowest BCUT2D eigenvalue weighted by Gasteiger charge is -2.59. The van der Waals surface area contributed by atoms with E-state index in [1.54, 1.807) is 145 Å². The van der Waals surface area contributed by atoms with Gasteiger partial charge in [-0.05, 0) is 207 Å². The number of nitrogens with zero attached hydrogens (tertiary/aromatic N) is 20. The van der Waals surface area contributed by atoms with Gasteiger partial charge in [0, 0.05) is 81.2 Å². The molecule has 10 aliphatic heterocycles. The summed E-state index contributed by atoms with van der Waals surface area (Å²) in [6, 6.07) is 0.788. The van der Waals surface area contributed by atoms with Crippen LogP contribution in [0.2, 0.25) is 0 Å². The second kappa shape index (κ2) is 37.9. The third kappa shape index (κ3) is 18.2. The molecule has 702 valence electrons. The van der Waals surface area contributed by atoms with Gasteiger partial charge in [-0.3, -0.25) is 48.3 Å². The van der Waals surface area contributed by atoms with Crippen LogP contribution in [0.15, 0.2) is 77.0 Å². The van der Waals surface area contributed by atoms with Crippen LogP contribution >= 0.6 is 0 Å². The van der Waals surface area contributed by atoms with Crippen molar-refractivity contribution in [2.45, 2.75) is 346 Å². The molecule has 19 atom stereocenters. The van der Waals surface area contributed by atoms with Gasteiger partial charge < -0.3 is 82.9 Å². The predicted octanol–water partition coefficient (Wildman–Crippen LogP) is 6.79. The second-order valence-corrected chi connectivity index (χ2v) is 38.9. The molecule has 40 heteroatoms. The number of aliphatic hydroxyl groups excluding tert-OH is 5. The Morgan fingerprint density at radius 2 is 0.703 bits per heavy atom. The van der Waals surface area contributed by atoms with Gasteiger partial charge in [-0.1, -0.05) is 27.7 Å². The topological polar surface area (TPSA) is 487 Å². The van der Waals surface area contributed by atoms with E-state index in [0.717, 1.165) is 38.5 Å². The van der Waals surface area contributed by atoms with Gasteiger partial charge in [0.05, 0.1) is 61.7 Å². The van der Waals surface area contributed by atoms with Gasteiger partial charge in [0.2, 0.25) is 36.4 Å². The second-order valence-electron chi connectivity index (χ2n) is 38.9. The Kier molecular flexibility index (Phi) is 29.0. The molecule has 10 aliphatic rings. The van der Waals surface area contributed by atoms with Crippen LogP contribution in [0.5, 0.6) is 0 Å². The molecule has 15 rings (SSSR count). The molecule has 14 unspecified atom stereocenters. The first-order valence-corrected chi connectivity index (χ1v) is 44.5. The lowest BCUT2D eigenvalue weighted by molar-refractivity contribution is -0.183. The molecule has 0 bridgehead atoms. The molecular formula is C88H130N20O20. The van der Waals surface area contributed by atoms with Crippen molar-refractivity contribution in [3.8, 4) is 0 Å². The van der Waals surface area contributed by atoms with Crippen molar-refractivity contribution in [2.24, 2.45) is 11.8 Å². The Balaban J connectivity index is 0.000000155. The summed E-state index contributed by atoms with van der Waals surface area (Å²) >= 11 is 0. The number of aliphatic hydroxyl groups is 5. The van der Waals surface area contributed by atoms with E-state index in [9.17, 15) is 73.5 Å². The zero-order valence-corrected chi connectivity index (χ0v) is 77.7. The van der Waals surface area contributed by atoms with Crippen molar-refractivity contribution in [1.29, 1.82) is 0 Å². The Bertz CT molecular complexity index is 4750. The number of aromatic nitrogens is 10. The number of β-lactam (4-membered cyclic amide) rings is 5. The van der Waals surface area contributed by atoms with Gasteiger partial charge >= 0.3 is 18.3 Å². The molecular weight excluding hydrogens is 1660 g/mol. The molecule has 10 saturated heterocycles. The van der Waals surface area contributed by atoms with Gasteiger partial charge in [-0.2, -0.15) is 0 Å². The molecule has 40 nitrogen and oxygen atoms in total. The lowest BCUT2D eigenvalue weighted by Crippen LogP contribution is -2.79. The first-order chi connectivity index (χ1) is 60.0. The minimum absolute atomic E-state index is 0.00175. The van der Waals surface area contributed by atoms with Crippen molar-refractivity contribution in [2.75, 3.05) is 39.3 Å². The fraction of sp³-hybridized carbons (Fsp3) is 0.705. The summed E-state index contributed by atoms with van der Waals surface area (Å²) < 4.78 is 27.0. The van der Waals surface area contributed by atoms with E-state index < -0.39 is 124 Å². The highest BCUT2D eigenvalue weighted by Crippen LogP contribution is 2.54. The van der Waals surface area contributed by atoms with Gasteiger partial charge in [0.1, 0.15) is 74.7 Å². The van der Waals surface area contributed by atoms with E-state index in [1.807, 2.05) is 96.9 Å². The summed E-state index contributed by atoms with van der Waals surface area (Å²) in [7, 11) is 0. The smallest absolute Gasteiger partial charge is 0.411 e. The van der Waals surface area contributed by atoms with E-state index in [1.165, 1.54) is 21.1 Å². The number of likely N-dealkylation sites (tertiary alicyclic amines) is 10. The molecule has 5 aromatic heterocycles. The minimum atomic E-state index is -0.941. The number of ether oxygens (including phenoxy) is 3. The molecule has 10 amide bonds. The van der Waals surface area contributed by atoms with Crippen LogP contribution in [-0.4, -0.2) is 323 Å². The summed E-state index contributed by atoms with van der Waals surface area (Å²) in [6.45, 7) is 42.3. The lowest BCUT2D eigenvalue weighted by atomic mass is 9.75. The fourth-order valence-electron chi connectivity index (χ4n) is 20.2. The average molecular weight is 1790 g/mol. The Morgan fingerprint density at radius 3 is 1.02 bits per heavy atom. The van der Waals surface area contributed by atoms with Crippen molar-refractivity contribution in [3.63, 3.8) is 0 Å². The zero-order chi connectivity index (χ0) is 94.4. The zero-order valence-electron chi connectivity index (χ0n) is 77.7. The van der Waals surface area contributed by atoms with Gasteiger partial charge in [-0.15, -0.1) is 20.4 Å². The summed E-state index contributed by atoms with van der Waals surface area (Å²) in [6.07, 6.45) is 13.2. The maximum Gasteiger partial charge on any atom is 0.411 e. The average Bonchev–Trinajstić information content (AvgIpc) is 1.37. The molecule has 0 aromatic carbocycles. The van der Waals surface area contributed by atoms with Crippen LogP contribution in [0.3, 0.4) is 0 Å². The van der Waals surface area contributed by atoms with Crippen LogP contribution in [-0.2, 0) is 47.8 Å². The van der Waals surface area contributed by atoms with E-state index >= 15 is 0 Å². The minimum Gasteiger partial charge on any atom is -0.444 e. The molecule has 0 aliphatic carbocycles. The summed E-state index contributed by atoms with van der Waals surface area (Å²) in [5.41, 5.74) is -6.18. The summed E-state index contributed by atoms with van der Waals surface area (Å²) in [5, 5.41) is 66.0. The van der Waals surface area contributed by atoms with Crippen LogP contribution < -0.4 is 0 Å². The van der Waals surface area contributed by atoms with Crippen molar-refractivity contribution < 1.29 is 96.5 Å². The predicted molar refractivity (Wildman–Crippen MR) is 455 cm³/mol. The van der Waals surface area contributed by atoms with Crippen molar-refractivity contribution >= 4 is 59.6 Å². The SMILES string of the molecule is CC(C)C(=O)N1CCCC12CN(C(c1ncccn1)[C@@H](C)O)C2=O.CC(C)C(=O)N1CCCC12CN(C(c1nnco1)[C@@H](C)O)C2=O.CC1CCC2(C(=O)N(C(c3ncccn3)[C@@H](C)O)C2C)N1C(=O)OC(C)(C)C.CC1N(C(c2ncccn2)[C@@H](C)O)C(=O)C12CCCN2C(=O)OC(C)(C)C.CC1N(C(c2nnco2)[C@@H](C)O)C(=O)C12CCCN2C(=O)OC(C)(C)C. The van der Waals surface area contributed by atoms with Gasteiger partial charge in [-0.25, -0.2) is 44.3 Å². The molecule has 5 aromatic rings. The fourth-order valence-corrected chi connectivity index (χ4v) is 20.2. The third-order valence-electron chi connectivity index (χ3n) is 26.0. The van der Waals surface area contributed by atoms with Crippen molar-refractivity contribution in [3.05, 3.63) is 97.4 Å². The quantitative estimate of drug-likeness (QED) is 0.0472. The Labute approximate surface area is 746 Å². The molecule has 5 N–H and O–H groups in total. The van der Waals surface area contributed by atoms with Crippen LogP contribution in [0.1, 0.15) is 276 Å². The van der Waals surface area contributed by atoms with Crippen LogP contribution in [0.4, 0.5) is 14.4 Å². The highest BCUT2D eigenvalue weighted by atomic mass is 16.6. The molecule has 0 saturated carbocycles. The number of amides is 10. The normalized spacial score (nSPS) is 27.7. The number of carbonyl (C=O) groups is 10. The van der Waals surface area contributed by atoms with E-state index in [2.05, 4.69) is 50.3 Å². The Hall–Kier alpha value is -10.6. The highest BCUT2D eigenvalue weighted by Gasteiger charge is 2.72. The molecule has 0 radical (unpaired) electrons. The van der Waals surface area contributed by atoms with E-state index in [0.29, 0.717) is 88.8 Å². The van der Waals surface area contributed by atoms with E-state index in [4.69, 9.17) is 23.0 Å². The first-order valence-electron chi connectivity index (χ1n) is 44.5. The van der Waals surface area contributed by atoms with E-state index in [-0.39, 0.29) is 89.1 Å². The van der Waals surface area contributed by atoms with Crippen molar-refractivity contribution in [1.82, 2.24) is 99.3 Å². The number of carbonyl (C=O) groups excluding carboxylic acids is 10. The third-order valence-corrected chi connectivity index (χ3v) is 26.0. The van der Waals surface area contributed by atoms with Crippen LogP contribution in [0, 0.1) is 11.8 Å². The molecule has 5 spiro atoms. The summed E-state index contributed by atoms with van der Waals surface area (Å²) in [5.74, 6) is 0.499. The summed E-state index contributed by atoms with van der Waals surface area (Å²) in [4.78, 5) is 170. The molecule has 10 fully saturated rings. The first kappa shape index (κ1) is 98.0. The highest BCUT2D eigenvalue weighted by molar-refractivity contribution is 6.01. The monoisotopic (exact) mass is 1790 g/mol. The van der Waals surface area contributed by atoms with Gasteiger partial charge in [0.15, 0.2) is 17.5 Å². The molecule has 15 heterocycles. The van der Waals surface area contributed by atoms with Crippen LogP contribution in [0.25, 0.3) is 0 Å². The maximum absolute atomic E-state index is 13.5. The molecule has 128 heavy (non-hydrogen) atoms. The maximum atomic E-state index is 13.5. The largest absolute Gasteiger partial charge is 0.444 e. The standard InChI is InChI=1S/C20H30N4O4.C19H28N4O4.C17H26N4O5.C17H24N4O3.C15H22N4O4/c1-12-8-9-20(24(12)18(27)28-19(4,5)6)14(3)23(17(20)26)15(13(2)25)16-21-10-7-11-22-16;1-12(24)14(15-20-9-7-10-21-15)23-13(2)19(16(23)25)8-6-11-22(19)17(26)27-18(3,4)5;1-10(22)12(13-19-18-9-25-13)21-11(2)17(14(21)23)7-6-8-20(17)15(24)26-16(3,4)5;1-11(2)15(23)21-9-4-6-17(21)10-20(16(17)24)13(12(3)22)14-18-7-5-8-19-14;1-9(2)13(21)19-6-4-5-15(19)7-18(14(15)22)11(10(3)20)12-17-16-8-23-12/h7,10-15,25H,8-9H2,1-6H3;7,9-10,12-14,24H,6,8,11H2,1-5H3;9-12,22H,6-8H2,1-5H3;5,7-8,11-13,22H,4,6,9-10H2,1-3H3;8-11,20H,4-7H2,1-3H3/t12?,13-,14?,15?,20?;12-,13?,14?,19?;10-,11?,12?,17?;12-,13?,17?;10-,11?,15?/m11111/s1.